The van der Waals surface area contributed by atoms with E-state index < -0.39 is 11.6 Å². The van der Waals surface area contributed by atoms with E-state index >= 15 is 0 Å². The zero-order valence-electron chi connectivity index (χ0n) is 11.9. The van der Waals surface area contributed by atoms with Crippen LogP contribution in [-0.2, 0) is 0 Å². The minimum Gasteiger partial charge on any atom is -0.389 e. The fourth-order valence-electron chi connectivity index (χ4n) is 1.97. The average molecular weight is 301 g/mol. The standard InChI is InChI=1S/C14H21F2N3S/c1-3-6-19(4-2)7-5-18-13-11(15)8-10(14(17)20)9-12(13)16/h8-9,18H,3-7H2,1-2H3,(H2,17,20). The summed E-state index contributed by atoms with van der Waals surface area (Å²) in [5.74, 6) is -1.35. The lowest BCUT2D eigenvalue weighted by molar-refractivity contribution is 0.299. The van der Waals surface area contributed by atoms with Crippen molar-refractivity contribution in [3.63, 3.8) is 0 Å². The predicted octanol–water partition coefficient (Wildman–Crippen LogP) is 2.74. The first kappa shape index (κ1) is 16.8. The Morgan fingerprint density at radius 3 is 2.30 bits per heavy atom. The molecular formula is C14H21F2N3S. The summed E-state index contributed by atoms with van der Waals surface area (Å²) in [4.78, 5) is 2.20. The van der Waals surface area contributed by atoms with Gasteiger partial charge < -0.3 is 16.0 Å². The van der Waals surface area contributed by atoms with E-state index in [1.807, 2.05) is 0 Å². The predicted molar refractivity (Wildman–Crippen MR) is 83.1 cm³/mol. The van der Waals surface area contributed by atoms with E-state index in [2.05, 4.69) is 24.1 Å². The third-order valence-electron chi connectivity index (χ3n) is 3.04. The lowest BCUT2D eigenvalue weighted by Crippen LogP contribution is -2.30. The van der Waals surface area contributed by atoms with E-state index in [0.717, 1.165) is 38.2 Å². The third-order valence-corrected chi connectivity index (χ3v) is 3.28. The zero-order valence-corrected chi connectivity index (χ0v) is 12.7. The van der Waals surface area contributed by atoms with Crippen LogP contribution in [0.25, 0.3) is 0 Å². The van der Waals surface area contributed by atoms with E-state index in [-0.39, 0.29) is 16.2 Å². The number of rotatable bonds is 8. The second-order valence-corrected chi connectivity index (χ2v) is 4.98. The van der Waals surface area contributed by atoms with Gasteiger partial charge in [0.25, 0.3) is 0 Å². The molecule has 0 bridgehead atoms. The molecule has 20 heavy (non-hydrogen) atoms. The van der Waals surface area contributed by atoms with Crippen LogP contribution in [0.4, 0.5) is 14.5 Å². The number of likely N-dealkylation sites (N-methyl/N-ethyl adjacent to an activating group) is 1. The van der Waals surface area contributed by atoms with Crippen LogP contribution in [0.1, 0.15) is 25.8 Å². The second kappa shape index (κ2) is 8.11. The van der Waals surface area contributed by atoms with Gasteiger partial charge >= 0.3 is 0 Å². The second-order valence-electron chi connectivity index (χ2n) is 4.54. The Labute approximate surface area is 124 Å². The number of anilines is 1. The van der Waals surface area contributed by atoms with E-state index in [1.54, 1.807) is 0 Å². The minimum absolute atomic E-state index is 0.0190. The van der Waals surface area contributed by atoms with Crippen molar-refractivity contribution >= 4 is 22.9 Å². The molecule has 1 rings (SSSR count). The van der Waals surface area contributed by atoms with Crippen molar-refractivity contribution in [2.45, 2.75) is 20.3 Å². The molecule has 0 radical (unpaired) electrons. The zero-order chi connectivity index (χ0) is 15.1. The first-order valence-corrected chi connectivity index (χ1v) is 7.15. The fraction of sp³-hybridized carbons (Fsp3) is 0.500. The maximum absolute atomic E-state index is 13.8. The molecule has 3 N–H and O–H groups in total. The lowest BCUT2D eigenvalue weighted by atomic mass is 10.2. The van der Waals surface area contributed by atoms with Crippen LogP contribution in [0.3, 0.4) is 0 Å². The summed E-state index contributed by atoms with van der Waals surface area (Å²) in [5, 5.41) is 2.79. The molecular weight excluding hydrogens is 280 g/mol. The van der Waals surface area contributed by atoms with Crippen molar-refractivity contribution in [2.75, 3.05) is 31.5 Å². The number of thiocarbonyl (C=S) groups is 1. The summed E-state index contributed by atoms with van der Waals surface area (Å²) in [6.07, 6.45) is 1.05. The molecule has 0 heterocycles. The molecule has 0 saturated carbocycles. The normalized spacial score (nSPS) is 10.8. The highest BCUT2D eigenvalue weighted by Gasteiger charge is 2.12. The fourth-order valence-corrected chi connectivity index (χ4v) is 2.09. The number of nitrogens with zero attached hydrogens (tertiary/aromatic N) is 1. The third kappa shape index (κ3) is 4.68. The van der Waals surface area contributed by atoms with Gasteiger partial charge in [0.05, 0.1) is 0 Å². The summed E-state index contributed by atoms with van der Waals surface area (Å²) in [6.45, 7) is 7.27. The van der Waals surface area contributed by atoms with Crippen LogP contribution < -0.4 is 11.1 Å². The molecule has 3 nitrogen and oxygen atoms in total. The van der Waals surface area contributed by atoms with E-state index in [4.69, 9.17) is 18.0 Å². The Kier molecular flexibility index (Phi) is 6.81. The Balaban J connectivity index is 2.66. The van der Waals surface area contributed by atoms with Crippen molar-refractivity contribution in [2.24, 2.45) is 5.73 Å². The van der Waals surface area contributed by atoms with Crippen LogP contribution in [0, 0.1) is 11.6 Å². The number of hydrogen-bond acceptors (Lipinski definition) is 3. The molecule has 0 aromatic heterocycles. The number of nitrogens with two attached hydrogens (primary N) is 1. The van der Waals surface area contributed by atoms with Gasteiger partial charge in [-0.3, -0.25) is 0 Å². The van der Waals surface area contributed by atoms with E-state index in [0.29, 0.717) is 6.54 Å². The van der Waals surface area contributed by atoms with Crippen LogP contribution in [0.5, 0.6) is 0 Å². The van der Waals surface area contributed by atoms with Gasteiger partial charge in [-0.25, -0.2) is 8.78 Å². The molecule has 0 fully saturated rings. The molecule has 0 aliphatic rings. The van der Waals surface area contributed by atoms with Crippen molar-refractivity contribution < 1.29 is 8.78 Å². The Bertz CT molecular complexity index is 443. The molecule has 1 aromatic carbocycles. The molecule has 112 valence electrons. The summed E-state index contributed by atoms with van der Waals surface area (Å²) >= 11 is 4.71. The molecule has 0 saturated heterocycles. The number of halogens is 2. The van der Waals surface area contributed by atoms with Gasteiger partial charge in [-0.1, -0.05) is 26.1 Å². The van der Waals surface area contributed by atoms with Crippen molar-refractivity contribution in [1.29, 1.82) is 0 Å². The summed E-state index contributed by atoms with van der Waals surface area (Å²) < 4.78 is 27.6. The van der Waals surface area contributed by atoms with Crippen LogP contribution >= 0.6 is 12.2 Å². The van der Waals surface area contributed by atoms with Gasteiger partial charge in [0.1, 0.15) is 22.3 Å². The first-order valence-electron chi connectivity index (χ1n) is 6.74. The largest absolute Gasteiger partial charge is 0.389 e. The molecule has 0 unspecified atom stereocenters. The van der Waals surface area contributed by atoms with Gasteiger partial charge in [-0.05, 0) is 31.6 Å². The quantitative estimate of drug-likeness (QED) is 0.725. The number of hydrogen-bond donors (Lipinski definition) is 2. The minimum atomic E-state index is -0.675. The van der Waals surface area contributed by atoms with Crippen molar-refractivity contribution in [1.82, 2.24) is 4.90 Å². The first-order chi connectivity index (χ1) is 9.49. The highest BCUT2D eigenvalue weighted by atomic mass is 32.1. The molecule has 0 atom stereocenters. The molecule has 0 aliphatic heterocycles. The van der Waals surface area contributed by atoms with Gasteiger partial charge in [-0.2, -0.15) is 0 Å². The van der Waals surface area contributed by atoms with Crippen molar-refractivity contribution in [3.8, 4) is 0 Å². The van der Waals surface area contributed by atoms with Gasteiger partial charge in [0.2, 0.25) is 0 Å². The molecule has 6 heteroatoms. The SMILES string of the molecule is CCCN(CC)CCNc1c(F)cc(C(N)=S)cc1F. The topological polar surface area (TPSA) is 41.3 Å². The molecule has 1 aromatic rings. The summed E-state index contributed by atoms with van der Waals surface area (Å²) in [6, 6.07) is 2.30. The average Bonchev–Trinajstić information content (AvgIpc) is 2.40. The Morgan fingerprint density at radius 1 is 1.25 bits per heavy atom. The number of benzene rings is 1. The highest BCUT2D eigenvalue weighted by Crippen LogP contribution is 2.20. The Morgan fingerprint density at radius 2 is 1.85 bits per heavy atom. The lowest BCUT2D eigenvalue weighted by Gasteiger charge is -2.20. The van der Waals surface area contributed by atoms with Gasteiger partial charge in [0, 0.05) is 18.7 Å². The van der Waals surface area contributed by atoms with Crippen LogP contribution in [0.2, 0.25) is 0 Å². The van der Waals surface area contributed by atoms with E-state index in [1.165, 1.54) is 0 Å². The molecule has 0 aliphatic carbocycles. The smallest absolute Gasteiger partial charge is 0.150 e. The van der Waals surface area contributed by atoms with Gasteiger partial charge in [-0.15, -0.1) is 0 Å². The van der Waals surface area contributed by atoms with Gasteiger partial charge in [0.15, 0.2) is 0 Å². The maximum atomic E-state index is 13.8. The maximum Gasteiger partial charge on any atom is 0.150 e. The summed E-state index contributed by atoms with van der Waals surface area (Å²) in [5.41, 5.74) is 5.43. The van der Waals surface area contributed by atoms with E-state index in [9.17, 15) is 8.78 Å². The number of nitrogens with one attached hydrogen (secondary N) is 1. The summed E-state index contributed by atoms with van der Waals surface area (Å²) in [7, 11) is 0. The molecule has 0 spiro atoms. The Hall–Kier alpha value is -1.27. The van der Waals surface area contributed by atoms with Crippen LogP contribution in [-0.4, -0.2) is 36.1 Å². The van der Waals surface area contributed by atoms with Crippen LogP contribution in [0.15, 0.2) is 12.1 Å². The highest BCUT2D eigenvalue weighted by molar-refractivity contribution is 7.80. The monoisotopic (exact) mass is 301 g/mol. The molecule has 0 amide bonds. The van der Waals surface area contributed by atoms with Crippen molar-refractivity contribution in [3.05, 3.63) is 29.3 Å².